The molecule has 0 spiro atoms. The van der Waals surface area contributed by atoms with Gasteiger partial charge in [0, 0.05) is 38.6 Å². The lowest BCUT2D eigenvalue weighted by molar-refractivity contribution is -0.130. The van der Waals surface area contributed by atoms with Crippen LogP contribution in [-0.4, -0.2) is 60.6 Å². The second kappa shape index (κ2) is 3.21. The first-order chi connectivity index (χ1) is 6.83. The van der Waals surface area contributed by atoms with Crippen LogP contribution in [0.5, 0.6) is 0 Å². The van der Waals surface area contributed by atoms with Crippen LogP contribution < -0.4 is 0 Å². The van der Waals surface area contributed by atoms with E-state index in [-0.39, 0.29) is 0 Å². The van der Waals surface area contributed by atoms with Gasteiger partial charge in [-0.25, -0.2) is 0 Å². The third-order valence-electron chi connectivity index (χ3n) is 3.44. The van der Waals surface area contributed by atoms with E-state index in [1.807, 2.05) is 0 Å². The Kier molecular flexibility index (Phi) is 1.99. The highest BCUT2D eigenvalue weighted by molar-refractivity contribution is 5.78. The molecule has 3 saturated heterocycles. The van der Waals surface area contributed by atoms with E-state index in [1.54, 1.807) is 0 Å². The Morgan fingerprint density at radius 1 is 1.43 bits per heavy atom. The third-order valence-corrected chi connectivity index (χ3v) is 3.44. The van der Waals surface area contributed by atoms with Crippen LogP contribution in [-0.2, 0) is 9.53 Å². The first kappa shape index (κ1) is 8.68. The fourth-order valence-electron chi connectivity index (χ4n) is 2.56. The maximum atomic E-state index is 11.4. The highest BCUT2D eigenvalue weighted by Gasteiger charge is 2.37. The number of piperazine rings is 1. The summed E-state index contributed by atoms with van der Waals surface area (Å²) in [4.78, 5) is 15.9. The van der Waals surface area contributed by atoms with Crippen LogP contribution in [0.15, 0.2) is 0 Å². The Bertz CT molecular complexity index is 253. The second-order valence-corrected chi connectivity index (χ2v) is 4.49. The predicted molar refractivity (Wildman–Crippen MR) is 50.9 cm³/mol. The molecule has 3 aliphatic rings. The number of nitrogens with zero attached hydrogens (tertiary/aromatic N) is 2. The van der Waals surface area contributed by atoms with Gasteiger partial charge in [0.2, 0.25) is 5.91 Å². The minimum absolute atomic E-state index is 0.359. The van der Waals surface area contributed by atoms with Crippen molar-refractivity contribution in [3.8, 4) is 0 Å². The van der Waals surface area contributed by atoms with Gasteiger partial charge in [0.05, 0.1) is 12.7 Å². The molecule has 0 bridgehead atoms. The van der Waals surface area contributed by atoms with Crippen LogP contribution in [0.2, 0.25) is 0 Å². The molecule has 78 valence electrons. The molecule has 4 nitrogen and oxygen atoms in total. The zero-order valence-corrected chi connectivity index (χ0v) is 8.32. The van der Waals surface area contributed by atoms with Crippen molar-refractivity contribution in [3.05, 3.63) is 0 Å². The van der Waals surface area contributed by atoms with Gasteiger partial charge in [0.25, 0.3) is 0 Å². The standard InChI is InChI=1S/C10H16N2O2/c13-10-2-1-8-5-11(3-4-12(8)10)6-9-7-14-9/h8-9H,1-7H2/t8?,9-/m0/s1. The summed E-state index contributed by atoms with van der Waals surface area (Å²) in [6, 6.07) is 0.495. The fourth-order valence-corrected chi connectivity index (χ4v) is 2.56. The maximum absolute atomic E-state index is 11.4. The Morgan fingerprint density at radius 2 is 2.29 bits per heavy atom. The molecule has 0 N–H and O–H groups in total. The summed E-state index contributed by atoms with van der Waals surface area (Å²) in [7, 11) is 0. The number of ether oxygens (including phenoxy) is 1. The molecule has 1 amide bonds. The van der Waals surface area contributed by atoms with E-state index in [1.165, 1.54) is 0 Å². The molecule has 2 atom stereocenters. The lowest BCUT2D eigenvalue weighted by Crippen LogP contribution is -2.52. The number of carbonyl (C=O) groups excluding carboxylic acids is 1. The average molecular weight is 196 g/mol. The molecule has 4 heteroatoms. The minimum atomic E-state index is 0.359. The first-order valence-electron chi connectivity index (χ1n) is 5.46. The molecule has 0 saturated carbocycles. The van der Waals surface area contributed by atoms with E-state index >= 15 is 0 Å². The van der Waals surface area contributed by atoms with Crippen molar-refractivity contribution >= 4 is 5.91 Å². The Hall–Kier alpha value is -0.610. The molecular formula is C10H16N2O2. The Balaban J connectivity index is 1.58. The largest absolute Gasteiger partial charge is 0.372 e. The van der Waals surface area contributed by atoms with Gasteiger partial charge >= 0.3 is 0 Å². The summed E-state index contributed by atoms with van der Waals surface area (Å²) in [5.41, 5.74) is 0. The van der Waals surface area contributed by atoms with E-state index < -0.39 is 0 Å². The Morgan fingerprint density at radius 3 is 3.07 bits per heavy atom. The number of hydrogen-bond acceptors (Lipinski definition) is 3. The molecule has 3 heterocycles. The van der Waals surface area contributed by atoms with Gasteiger partial charge < -0.3 is 9.64 Å². The number of epoxide rings is 1. The monoisotopic (exact) mass is 196 g/mol. The zero-order valence-electron chi connectivity index (χ0n) is 8.32. The number of fused-ring (bicyclic) bond motifs is 1. The highest BCUT2D eigenvalue weighted by Crippen LogP contribution is 2.23. The van der Waals surface area contributed by atoms with Crippen molar-refractivity contribution in [2.24, 2.45) is 0 Å². The first-order valence-corrected chi connectivity index (χ1v) is 5.46. The molecule has 3 aliphatic heterocycles. The van der Waals surface area contributed by atoms with Crippen molar-refractivity contribution < 1.29 is 9.53 Å². The summed E-state index contributed by atoms with van der Waals surface area (Å²) < 4.78 is 5.22. The molecule has 3 rings (SSSR count). The molecular weight excluding hydrogens is 180 g/mol. The van der Waals surface area contributed by atoms with Crippen LogP contribution >= 0.6 is 0 Å². The van der Waals surface area contributed by atoms with Gasteiger partial charge in [-0.3, -0.25) is 9.69 Å². The van der Waals surface area contributed by atoms with Crippen LogP contribution in [0.3, 0.4) is 0 Å². The van der Waals surface area contributed by atoms with Crippen molar-refractivity contribution in [1.29, 1.82) is 0 Å². The van der Waals surface area contributed by atoms with Crippen molar-refractivity contribution in [2.75, 3.05) is 32.8 Å². The summed E-state index contributed by atoms with van der Waals surface area (Å²) in [5.74, 6) is 0.359. The molecule has 1 unspecified atom stereocenters. The van der Waals surface area contributed by atoms with Gasteiger partial charge in [0.15, 0.2) is 0 Å². The van der Waals surface area contributed by atoms with Gasteiger partial charge in [-0.15, -0.1) is 0 Å². The molecule has 3 fully saturated rings. The van der Waals surface area contributed by atoms with E-state index in [0.717, 1.165) is 45.6 Å². The average Bonchev–Trinajstić information content (AvgIpc) is 2.92. The summed E-state index contributed by atoms with van der Waals surface area (Å²) in [6.07, 6.45) is 2.30. The summed E-state index contributed by atoms with van der Waals surface area (Å²) in [6.45, 7) is 5.02. The smallest absolute Gasteiger partial charge is 0.222 e. The maximum Gasteiger partial charge on any atom is 0.222 e. The van der Waals surface area contributed by atoms with E-state index in [0.29, 0.717) is 18.1 Å². The van der Waals surface area contributed by atoms with E-state index in [4.69, 9.17) is 4.74 Å². The SMILES string of the molecule is O=C1CCC2CN(C[C@H]3CO3)CCN12. The van der Waals surface area contributed by atoms with E-state index in [9.17, 15) is 4.79 Å². The minimum Gasteiger partial charge on any atom is -0.372 e. The van der Waals surface area contributed by atoms with E-state index in [2.05, 4.69) is 9.80 Å². The normalized spacial score (nSPS) is 37.4. The quantitative estimate of drug-likeness (QED) is 0.568. The molecule has 0 radical (unpaired) electrons. The topological polar surface area (TPSA) is 36.1 Å². The molecule has 0 aliphatic carbocycles. The fraction of sp³-hybridized carbons (Fsp3) is 0.900. The van der Waals surface area contributed by atoms with Crippen LogP contribution in [0, 0.1) is 0 Å². The second-order valence-electron chi connectivity index (χ2n) is 4.49. The number of carbonyl (C=O) groups is 1. The van der Waals surface area contributed by atoms with Gasteiger partial charge in [-0.1, -0.05) is 0 Å². The number of amides is 1. The van der Waals surface area contributed by atoms with Crippen LogP contribution in [0.4, 0.5) is 0 Å². The van der Waals surface area contributed by atoms with Gasteiger partial charge in [-0.2, -0.15) is 0 Å². The van der Waals surface area contributed by atoms with Crippen LogP contribution in [0.25, 0.3) is 0 Å². The molecule has 0 aromatic carbocycles. The zero-order chi connectivity index (χ0) is 9.54. The lowest BCUT2D eigenvalue weighted by Gasteiger charge is -2.37. The molecule has 0 aromatic rings. The number of hydrogen-bond donors (Lipinski definition) is 0. The lowest BCUT2D eigenvalue weighted by atomic mass is 10.1. The van der Waals surface area contributed by atoms with Gasteiger partial charge in [-0.05, 0) is 6.42 Å². The summed E-state index contributed by atoms with van der Waals surface area (Å²) >= 11 is 0. The van der Waals surface area contributed by atoms with Gasteiger partial charge in [0.1, 0.15) is 0 Å². The van der Waals surface area contributed by atoms with Crippen molar-refractivity contribution in [2.45, 2.75) is 25.0 Å². The summed E-state index contributed by atoms with van der Waals surface area (Å²) in [5, 5.41) is 0. The third kappa shape index (κ3) is 1.53. The highest BCUT2D eigenvalue weighted by atomic mass is 16.6. The molecule has 0 aromatic heterocycles. The Labute approximate surface area is 83.8 Å². The van der Waals surface area contributed by atoms with Crippen molar-refractivity contribution in [3.63, 3.8) is 0 Å². The number of rotatable bonds is 2. The van der Waals surface area contributed by atoms with Crippen LogP contribution in [0.1, 0.15) is 12.8 Å². The predicted octanol–water partition coefficient (Wildman–Crippen LogP) is -0.308. The van der Waals surface area contributed by atoms with Crippen molar-refractivity contribution in [1.82, 2.24) is 9.80 Å². The molecule has 14 heavy (non-hydrogen) atoms.